The number of aliphatic hydroxyl groups is 1. The van der Waals surface area contributed by atoms with Gasteiger partial charge in [-0.1, -0.05) is 11.6 Å². The van der Waals surface area contributed by atoms with E-state index >= 15 is 0 Å². The Balaban J connectivity index is 1.60. The molecule has 3 heterocycles. The first-order chi connectivity index (χ1) is 11.6. The normalized spacial score (nSPS) is 16.0. The Morgan fingerprint density at radius 2 is 2.21 bits per heavy atom. The number of carbonyl (C=O) groups is 1. The number of halogens is 1. The molecular weight excluding hydrogens is 350 g/mol. The van der Waals surface area contributed by atoms with Gasteiger partial charge in [0.15, 0.2) is 0 Å². The van der Waals surface area contributed by atoms with Crippen LogP contribution in [0.15, 0.2) is 30.5 Å². The molecule has 0 aliphatic carbocycles. The standard InChI is InChI=1S/C16H18ClN3O3S/c17-15-2-1-14(24-15)13(21)10-19-16(22)12-9-11(3-4-18-12)20-5-7-23-8-6-20/h1-4,9,13,21H,5-8,10H2,(H,19,22). The molecule has 3 rings (SSSR count). The SMILES string of the molecule is O=C(NCC(O)c1ccc(Cl)s1)c1cc(N2CCOCC2)ccn1. The fourth-order valence-electron chi connectivity index (χ4n) is 2.45. The fraction of sp³-hybridized carbons (Fsp3) is 0.375. The van der Waals surface area contributed by atoms with Gasteiger partial charge in [0.25, 0.3) is 5.91 Å². The zero-order valence-corrected chi connectivity index (χ0v) is 14.5. The van der Waals surface area contributed by atoms with Gasteiger partial charge in [0.1, 0.15) is 11.8 Å². The monoisotopic (exact) mass is 367 g/mol. The maximum Gasteiger partial charge on any atom is 0.270 e. The summed E-state index contributed by atoms with van der Waals surface area (Å²) < 4.78 is 5.94. The Bertz CT molecular complexity index is 703. The number of hydrogen-bond acceptors (Lipinski definition) is 6. The summed E-state index contributed by atoms with van der Waals surface area (Å²) in [6.45, 7) is 3.06. The number of thiophene rings is 1. The number of hydrogen-bond donors (Lipinski definition) is 2. The second-order valence-corrected chi connectivity index (χ2v) is 7.11. The molecule has 1 saturated heterocycles. The van der Waals surface area contributed by atoms with Crippen molar-refractivity contribution in [2.45, 2.75) is 6.10 Å². The lowest BCUT2D eigenvalue weighted by Gasteiger charge is -2.28. The van der Waals surface area contributed by atoms with Crippen LogP contribution in [0.3, 0.4) is 0 Å². The zero-order chi connectivity index (χ0) is 16.9. The fourth-order valence-corrected chi connectivity index (χ4v) is 3.50. The number of rotatable bonds is 5. The van der Waals surface area contributed by atoms with Crippen molar-refractivity contribution in [3.05, 3.63) is 45.4 Å². The molecule has 1 atom stereocenters. The summed E-state index contributed by atoms with van der Waals surface area (Å²) in [6.07, 6.45) is 0.837. The van der Waals surface area contributed by atoms with Crippen LogP contribution >= 0.6 is 22.9 Å². The largest absolute Gasteiger partial charge is 0.386 e. The van der Waals surface area contributed by atoms with Crippen LogP contribution in [-0.4, -0.2) is 48.8 Å². The molecule has 1 fully saturated rings. The van der Waals surface area contributed by atoms with Crippen molar-refractivity contribution in [2.24, 2.45) is 0 Å². The summed E-state index contributed by atoms with van der Waals surface area (Å²) in [6, 6.07) is 7.11. The van der Waals surface area contributed by atoms with Crippen LogP contribution < -0.4 is 10.2 Å². The quantitative estimate of drug-likeness (QED) is 0.846. The average Bonchev–Trinajstić information content (AvgIpc) is 3.07. The lowest BCUT2D eigenvalue weighted by molar-refractivity contribution is 0.0913. The van der Waals surface area contributed by atoms with Crippen LogP contribution in [0.2, 0.25) is 4.34 Å². The van der Waals surface area contributed by atoms with Gasteiger partial charge in [-0.05, 0) is 24.3 Å². The van der Waals surface area contributed by atoms with E-state index in [1.165, 1.54) is 11.3 Å². The molecule has 24 heavy (non-hydrogen) atoms. The minimum absolute atomic E-state index is 0.110. The second kappa shape index (κ2) is 7.94. The van der Waals surface area contributed by atoms with Crippen LogP contribution in [-0.2, 0) is 4.74 Å². The maximum atomic E-state index is 12.3. The number of morpholine rings is 1. The molecule has 2 aromatic rings. The van der Waals surface area contributed by atoms with Gasteiger partial charge in [0, 0.05) is 36.4 Å². The third kappa shape index (κ3) is 4.24. The summed E-state index contributed by atoms with van der Waals surface area (Å²) in [5.74, 6) is -0.313. The lowest BCUT2D eigenvalue weighted by atomic mass is 10.2. The summed E-state index contributed by atoms with van der Waals surface area (Å²) in [5, 5.41) is 12.8. The summed E-state index contributed by atoms with van der Waals surface area (Å²) in [4.78, 5) is 19.3. The van der Waals surface area contributed by atoms with Crippen molar-refractivity contribution in [3.63, 3.8) is 0 Å². The van der Waals surface area contributed by atoms with Crippen LogP contribution in [0.5, 0.6) is 0 Å². The molecule has 1 aliphatic rings. The third-order valence-corrected chi connectivity index (χ3v) is 5.06. The number of amides is 1. The highest BCUT2D eigenvalue weighted by Gasteiger charge is 2.16. The number of anilines is 1. The third-order valence-electron chi connectivity index (χ3n) is 3.73. The number of nitrogens with zero attached hydrogens (tertiary/aromatic N) is 2. The van der Waals surface area contributed by atoms with Gasteiger partial charge in [-0.3, -0.25) is 9.78 Å². The Morgan fingerprint density at radius 1 is 1.42 bits per heavy atom. The molecule has 0 spiro atoms. The van der Waals surface area contributed by atoms with E-state index in [0.29, 0.717) is 23.2 Å². The summed E-state index contributed by atoms with van der Waals surface area (Å²) >= 11 is 7.15. The van der Waals surface area contributed by atoms with E-state index in [9.17, 15) is 9.90 Å². The van der Waals surface area contributed by atoms with E-state index in [0.717, 1.165) is 23.7 Å². The second-order valence-electron chi connectivity index (χ2n) is 5.37. The van der Waals surface area contributed by atoms with Crippen molar-refractivity contribution < 1.29 is 14.6 Å². The number of nitrogens with one attached hydrogen (secondary N) is 1. The van der Waals surface area contributed by atoms with Crippen molar-refractivity contribution in [3.8, 4) is 0 Å². The van der Waals surface area contributed by atoms with Gasteiger partial charge in [-0.2, -0.15) is 0 Å². The number of aromatic nitrogens is 1. The summed E-state index contributed by atoms with van der Waals surface area (Å²) in [7, 11) is 0. The molecule has 0 aromatic carbocycles. The first-order valence-corrected chi connectivity index (χ1v) is 8.83. The van der Waals surface area contributed by atoms with Crippen molar-refractivity contribution in [1.29, 1.82) is 0 Å². The number of ether oxygens (including phenoxy) is 1. The number of carbonyl (C=O) groups excluding carboxylic acids is 1. The highest BCUT2D eigenvalue weighted by Crippen LogP contribution is 2.26. The maximum absolute atomic E-state index is 12.3. The zero-order valence-electron chi connectivity index (χ0n) is 12.9. The van der Waals surface area contributed by atoms with Gasteiger partial charge >= 0.3 is 0 Å². The van der Waals surface area contributed by atoms with Crippen LogP contribution in [0.4, 0.5) is 5.69 Å². The Morgan fingerprint density at radius 3 is 2.92 bits per heavy atom. The van der Waals surface area contributed by atoms with Crippen LogP contribution in [0, 0.1) is 0 Å². The lowest BCUT2D eigenvalue weighted by Crippen LogP contribution is -2.36. The Hall–Kier alpha value is -1.67. The smallest absolute Gasteiger partial charge is 0.270 e. The molecule has 2 N–H and O–H groups in total. The Labute approximate surface area is 149 Å². The van der Waals surface area contributed by atoms with Gasteiger partial charge in [-0.15, -0.1) is 11.3 Å². The van der Waals surface area contributed by atoms with E-state index < -0.39 is 6.10 Å². The first kappa shape index (κ1) is 17.2. The Kier molecular flexibility index (Phi) is 5.68. The van der Waals surface area contributed by atoms with Crippen molar-refractivity contribution >= 4 is 34.5 Å². The number of pyridine rings is 1. The van der Waals surface area contributed by atoms with E-state index in [-0.39, 0.29) is 12.5 Å². The molecule has 1 unspecified atom stereocenters. The highest BCUT2D eigenvalue weighted by molar-refractivity contribution is 7.16. The predicted molar refractivity (Wildman–Crippen MR) is 93.9 cm³/mol. The molecule has 2 aromatic heterocycles. The highest BCUT2D eigenvalue weighted by atomic mass is 35.5. The molecule has 128 valence electrons. The molecule has 8 heteroatoms. The molecule has 0 bridgehead atoms. The molecule has 1 amide bonds. The number of aliphatic hydroxyl groups excluding tert-OH is 1. The van der Waals surface area contributed by atoms with Gasteiger partial charge in [0.05, 0.1) is 17.6 Å². The molecular formula is C16H18ClN3O3S. The van der Waals surface area contributed by atoms with Crippen LogP contribution in [0.1, 0.15) is 21.5 Å². The molecule has 1 aliphatic heterocycles. The van der Waals surface area contributed by atoms with E-state index in [1.54, 1.807) is 24.4 Å². The van der Waals surface area contributed by atoms with Gasteiger partial charge in [0.2, 0.25) is 0 Å². The molecule has 0 saturated carbocycles. The topological polar surface area (TPSA) is 74.7 Å². The van der Waals surface area contributed by atoms with E-state index in [1.807, 2.05) is 6.07 Å². The average molecular weight is 368 g/mol. The van der Waals surface area contributed by atoms with Crippen molar-refractivity contribution in [2.75, 3.05) is 37.7 Å². The van der Waals surface area contributed by atoms with Crippen molar-refractivity contribution in [1.82, 2.24) is 10.3 Å². The van der Waals surface area contributed by atoms with E-state index in [4.69, 9.17) is 16.3 Å². The molecule has 0 radical (unpaired) electrons. The van der Waals surface area contributed by atoms with Gasteiger partial charge < -0.3 is 20.1 Å². The van der Waals surface area contributed by atoms with E-state index in [2.05, 4.69) is 15.2 Å². The minimum Gasteiger partial charge on any atom is -0.386 e. The molecule has 6 nitrogen and oxygen atoms in total. The minimum atomic E-state index is -0.783. The van der Waals surface area contributed by atoms with Crippen LogP contribution in [0.25, 0.3) is 0 Å². The predicted octanol–water partition coefficient (Wildman–Crippen LogP) is 2.10. The summed E-state index contributed by atoms with van der Waals surface area (Å²) in [5.41, 5.74) is 1.28. The first-order valence-electron chi connectivity index (χ1n) is 7.64. The van der Waals surface area contributed by atoms with Gasteiger partial charge in [-0.25, -0.2) is 0 Å².